The Labute approximate surface area is 68.3 Å². The van der Waals surface area contributed by atoms with Crippen LogP contribution in [0.25, 0.3) is 0 Å². The maximum absolute atomic E-state index is 10.9. The predicted octanol–water partition coefficient (Wildman–Crippen LogP) is 1.09. The fourth-order valence-corrected chi connectivity index (χ4v) is 1.06. The lowest BCUT2D eigenvalue weighted by atomic mass is 10.2. The van der Waals surface area contributed by atoms with E-state index in [0.717, 1.165) is 0 Å². The van der Waals surface area contributed by atoms with Crippen molar-refractivity contribution >= 4 is 5.91 Å². The highest BCUT2D eigenvalue weighted by Gasteiger charge is 2.19. The first-order valence-corrected chi connectivity index (χ1v) is 3.77. The molecule has 0 rings (SSSR count). The minimum absolute atomic E-state index is 0.0329. The maximum atomic E-state index is 10.9. The predicted molar refractivity (Wildman–Crippen MR) is 44.1 cm³/mol. The van der Waals surface area contributed by atoms with Gasteiger partial charge in [0.25, 0.3) is 0 Å². The van der Waals surface area contributed by atoms with Crippen LogP contribution >= 0.6 is 0 Å². The highest BCUT2D eigenvalue weighted by Crippen LogP contribution is 2.09. The molecule has 0 aromatic carbocycles. The number of carbonyl (C=O) groups is 1. The van der Waals surface area contributed by atoms with Crippen LogP contribution in [0.4, 0.5) is 0 Å². The lowest BCUT2D eigenvalue weighted by molar-refractivity contribution is -0.142. The number of carbonyl (C=O) groups excluding carboxylic acids is 1. The Balaban J connectivity index is 4.13. The largest absolute Gasteiger partial charge is 0.361 e. The van der Waals surface area contributed by atoms with Gasteiger partial charge >= 0.3 is 0 Å². The number of rotatable bonds is 3. The zero-order chi connectivity index (χ0) is 9.02. The van der Waals surface area contributed by atoms with Crippen LogP contribution in [0.1, 0.15) is 20.8 Å². The van der Waals surface area contributed by atoms with Crippen molar-refractivity contribution in [3.8, 4) is 0 Å². The van der Waals surface area contributed by atoms with E-state index >= 15 is 0 Å². The Morgan fingerprint density at radius 3 is 2.00 bits per heavy atom. The van der Waals surface area contributed by atoms with Crippen LogP contribution in [-0.2, 0) is 9.53 Å². The third-order valence-electron chi connectivity index (χ3n) is 1.69. The molecule has 11 heavy (non-hydrogen) atoms. The second kappa shape index (κ2) is 4.34. The quantitative estimate of drug-likeness (QED) is 0.577. The second-order valence-electron chi connectivity index (χ2n) is 3.00. The zero-order valence-corrected chi connectivity index (χ0v) is 7.92. The van der Waals surface area contributed by atoms with Gasteiger partial charge in [-0.1, -0.05) is 13.8 Å². The monoisotopic (exact) mass is 159 g/mol. The molecule has 0 aromatic rings. The van der Waals surface area contributed by atoms with Gasteiger partial charge in [-0.25, -0.2) is 0 Å². The molecule has 66 valence electrons. The summed E-state index contributed by atoms with van der Waals surface area (Å²) in [6.07, 6.45) is -0.104. The Morgan fingerprint density at radius 1 is 1.45 bits per heavy atom. The SMILES string of the molecule is COC(C(C)C)N(C)C(C)=O. The van der Waals surface area contributed by atoms with E-state index in [1.54, 1.807) is 19.1 Å². The number of nitrogens with zero attached hydrogens (tertiary/aromatic N) is 1. The first kappa shape index (κ1) is 10.4. The molecule has 0 aliphatic heterocycles. The molecular formula is C8H17NO2. The maximum Gasteiger partial charge on any atom is 0.221 e. The van der Waals surface area contributed by atoms with Crippen molar-refractivity contribution in [1.82, 2.24) is 4.90 Å². The molecule has 3 heteroatoms. The molecule has 0 bridgehead atoms. The van der Waals surface area contributed by atoms with Gasteiger partial charge in [-0.15, -0.1) is 0 Å². The van der Waals surface area contributed by atoms with Crippen LogP contribution < -0.4 is 0 Å². The summed E-state index contributed by atoms with van der Waals surface area (Å²) in [5, 5.41) is 0. The first-order chi connectivity index (χ1) is 5.00. The molecular weight excluding hydrogens is 142 g/mol. The number of hydrogen-bond acceptors (Lipinski definition) is 2. The van der Waals surface area contributed by atoms with E-state index in [-0.39, 0.29) is 12.1 Å². The lowest BCUT2D eigenvalue weighted by Crippen LogP contribution is -2.40. The van der Waals surface area contributed by atoms with Crippen molar-refractivity contribution in [1.29, 1.82) is 0 Å². The van der Waals surface area contributed by atoms with Crippen molar-refractivity contribution in [2.75, 3.05) is 14.2 Å². The van der Waals surface area contributed by atoms with Crippen molar-refractivity contribution in [2.24, 2.45) is 5.92 Å². The first-order valence-electron chi connectivity index (χ1n) is 3.77. The summed E-state index contributed by atoms with van der Waals surface area (Å²) in [6, 6.07) is 0. The van der Waals surface area contributed by atoms with Gasteiger partial charge in [0.05, 0.1) is 0 Å². The zero-order valence-electron chi connectivity index (χ0n) is 7.92. The van der Waals surface area contributed by atoms with E-state index in [4.69, 9.17) is 4.74 Å². The Bertz CT molecular complexity index is 134. The summed E-state index contributed by atoms with van der Waals surface area (Å²) >= 11 is 0. The molecule has 0 N–H and O–H groups in total. The number of hydrogen-bond donors (Lipinski definition) is 0. The summed E-state index contributed by atoms with van der Waals surface area (Å²) < 4.78 is 5.14. The van der Waals surface area contributed by atoms with Gasteiger partial charge in [0, 0.05) is 21.1 Å². The van der Waals surface area contributed by atoms with Crippen molar-refractivity contribution in [3.05, 3.63) is 0 Å². The van der Waals surface area contributed by atoms with E-state index in [1.807, 2.05) is 13.8 Å². The van der Waals surface area contributed by atoms with E-state index in [0.29, 0.717) is 5.92 Å². The van der Waals surface area contributed by atoms with Gasteiger partial charge < -0.3 is 9.64 Å². The van der Waals surface area contributed by atoms with Crippen LogP contribution in [0.5, 0.6) is 0 Å². The van der Waals surface area contributed by atoms with Crippen LogP contribution in [0.15, 0.2) is 0 Å². The third-order valence-corrected chi connectivity index (χ3v) is 1.69. The molecule has 0 aliphatic rings. The van der Waals surface area contributed by atoms with E-state index in [1.165, 1.54) is 6.92 Å². The fraction of sp³-hybridized carbons (Fsp3) is 0.875. The van der Waals surface area contributed by atoms with Gasteiger partial charge in [-0.3, -0.25) is 4.79 Å². The van der Waals surface area contributed by atoms with E-state index in [9.17, 15) is 4.79 Å². The molecule has 1 atom stereocenters. The number of amides is 1. The van der Waals surface area contributed by atoms with Gasteiger partial charge in [-0.05, 0) is 5.92 Å². The Morgan fingerprint density at radius 2 is 1.91 bits per heavy atom. The molecule has 0 saturated carbocycles. The molecule has 0 fully saturated rings. The highest BCUT2D eigenvalue weighted by molar-refractivity contribution is 5.73. The normalized spacial score (nSPS) is 13.3. The van der Waals surface area contributed by atoms with Crippen molar-refractivity contribution < 1.29 is 9.53 Å². The van der Waals surface area contributed by atoms with Crippen molar-refractivity contribution in [3.63, 3.8) is 0 Å². The smallest absolute Gasteiger partial charge is 0.221 e. The standard InChI is InChI=1S/C8H17NO2/c1-6(2)8(11-5)9(4)7(3)10/h6,8H,1-5H3. The highest BCUT2D eigenvalue weighted by atomic mass is 16.5. The van der Waals surface area contributed by atoms with Crippen molar-refractivity contribution in [2.45, 2.75) is 27.0 Å². The molecule has 0 radical (unpaired) electrons. The molecule has 0 heterocycles. The van der Waals surface area contributed by atoms with Gasteiger partial charge in [0.15, 0.2) is 0 Å². The average molecular weight is 159 g/mol. The summed E-state index contributed by atoms with van der Waals surface area (Å²) in [5.74, 6) is 0.361. The molecule has 0 spiro atoms. The number of ether oxygens (including phenoxy) is 1. The van der Waals surface area contributed by atoms with Gasteiger partial charge in [0.2, 0.25) is 5.91 Å². The minimum Gasteiger partial charge on any atom is -0.361 e. The topological polar surface area (TPSA) is 29.5 Å². The number of methoxy groups -OCH3 is 1. The summed E-state index contributed by atoms with van der Waals surface area (Å²) in [6.45, 7) is 5.58. The van der Waals surface area contributed by atoms with Crippen LogP contribution in [0.3, 0.4) is 0 Å². The molecule has 3 nitrogen and oxygen atoms in total. The van der Waals surface area contributed by atoms with Crippen LogP contribution in [-0.4, -0.2) is 31.2 Å². The van der Waals surface area contributed by atoms with Crippen LogP contribution in [0, 0.1) is 5.92 Å². The Kier molecular flexibility index (Phi) is 4.11. The third kappa shape index (κ3) is 2.89. The Hall–Kier alpha value is -0.570. The summed E-state index contributed by atoms with van der Waals surface area (Å²) in [7, 11) is 3.36. The van der Waals surface area contributed by atoms with Gasteiger partial charge in [-0.2, -0.15) is 0 Å². The molecule has 0 aromatic heterocycles. The summed E-state index contributed by atoms with van der Waals surface area (Å²) in [5.41, 5.74) is 0. The average Bonchev–Trinajstić information content (AvgIpc) is 1.88. The second-order valence-corrected chi connectivity index (χ2v) is 3.00. The van der Waals surface area contributed by atoms with E-state index in [2.05, 4.69) is 0 Å². The summed E-state index contributed by atoms with van der Waals surface area (Å²) in [4.78, 5) is 12.5. The van der Waals surface area contributed by atoms with Crippen LogP contribution in [0.2, 0.25) is 0 Å². The molecule has 0 saturated heterocycles. The minimum atomic E-state index is -0.104. The van der Waals surface area contributed by atoms with E-state index < -0.39 is 0 Å². The molecule has 1 unspecified atom stereocenters. The fourth-order valence-electron chi connectivity index (χ4n) is 1.06. The molecule has 1 amide bonds. The lowest BCUT2D eigenvalue weighted by Gasteiger charge is -2.28. The molecule has 0 aliphatic carbocycles. The van der Waals surface area contributed by atoms with Gasteiger partial charge in [0.1, 0.15) is 6.23 Å².